The molecule has 112 valence electrons. The minimum atomic E-state index is 0.389. The van der Waals surface area contributed by atoms with Crippen LogP contribution in [0.25, 0.3) is 0 Å². The van der Waals surface area contributed by atoms with Crippen molar-refractivity contribution in [2.45, 2.75) is 60.3 Å². The molecule has 1 unspecified atom stereocenters. The molecule has 0 N–H and O–H groups in total. The van der Waals surface area contributed by atoms with Crippen molar-refractivity contribution in [1.82, 2.24) is 0 Å². The molecule has 1 atom stereocenters. The van der Waals surface area contributed by atoms with Crippen molar-refractivity contribution in [2.24, 2.45) is 5.92 Å². The Labute approximate surface area is 123 Å². The van der Waals surface area contributed by atoms with E-state index in [9.17, 15) is 4.79 Å². The van der Waals surface area contributed by atoms with E-state index in [0.717, 1.165) is 18.6 Å². The fraction of sp³-hybridized carbons (Fsp3) is 0.611. The van der Waals surface area contributed by atoms with Crippen LogP contribution in [0.4, 0.5) is 0 Å². The monoisotopic (exact) mass is 276 g/mol. The SMILES string of the molecule is CCCC(=O)CC(C)Cc1ccc(OCC)c(C)c1C. The van der Waals surface area contributed by atoms with Crippen molar-refractivity contribution < 1.29 is 9.53 Å². The Balaban J connectivity index is 2.73. The maximum Gasteiger partial charge on any atom is 0.133 e. The van der Waals surface area contributed by atoms with Gasteiger partial charge in [-0.25, -0.2) is 0 Å². The van der Waals surface area contributed by atoms with Crippen molar-refractivity contribution >= 4 is 5.78 Å². The van der Waals surface area contributed by atoms with E-state index in [1.54, 1.807) is 0 Å². The molecule has 2 nitrogen and oxygen atoms in total. The summed E-state index contributed by atoms with van der Waals surface area (Å²) in [4.78, 5) is 11.7. The van der Waals surface area contributed by atoms with Crippen LogP contribution in [-0.2, 0) is 11.2 Å². The zero-order valence-electron chi connectivity index (χ0n) is 13.6. The minimum Gasteiger partial charge on any atom is -0.494 e. The molecule has 20 heavy (non-hydrogen) atoms. The maximum atomic E-state index is 11.7. The molecule has 0 heterocycles. The first-order valence-electron chi connectivity index (χ1n) is 7.73. The standard InChI is InChI=1S/C18H28O2/c1-6-8-17(19)12-13(3)11-16-9-10-18(20-7-2)15(5)14(16)4/h9-10,13H,6-8,11-12H2,1-5H3. The second-order valence-electron chi connectivity index (χ2n) is 5.71. The molecule has 0 aliphatic rings. The van der Waals surface area contributed by atoms with Gasteiger partial charge >= 0.3 is 0 Å². The largest absolute Gasteiger partial charge is 0.494 e. The molecule has 2 heteroatoms. The van der Waals surface area contributed by atoms with Crippen LogP contribution in [0.5, 0.6) is 5.75 Å². The highest BCUT2D eigenvalue weighted by atomic mass is 16.5. The van der Waals surface area contributed by atoms with E-state index >= 15 is 0 Å². The Morgan fingerprint density at radius 3 is 2.50 bits per heavy atom. The van der Waals surface area contributed by atoms with Gasteiger partial charge in [0.05, 0.1) is 6.61 Å². The van der Waals surface area contributed by atoms with Crippen molar-refractivity contribution in [3.05, 3.63) is 28.8 Å². The van der Waals surface area contributed by atoms with E-state index in [1.807, 2.05) is 6.92 Å². The quantitative estimate of drug-likeness (QED) is 0.691. The third-order valence-electron chi connectivity index (χ3n) is 3.82. The zero-order chi connectivity index (χ0) is 15.1. The lowest BCUT2D eigenvalue weighted by Crippen LogP contribution is -2.09. The summed E-state index contributed by atoms with van der Waals surface area (Å²) < 4.78 is 5.62. The number of carbonyl (C=O) groups is 1. The van der Waals surface area contributed by atoms with E-state index in [1.165, 1.54) is 16.7 Å². The zero-order valence-corrected chi connectivity index (χ0v) is 13.6. The average molecular weight is 276 g/mol. The molecule has 0 radical (unpaired) electrons. The molecule has 1 aromatic carbocycles. The van der Waals surface area contributed by atoms with Crippen molar-refractivity contribution in [3.63, 3.8) is 0 Å². The minimum absolute atomic E-state index is 0.389. The number of hydrogen-bond donors (Lipinski definition) is 0. The molecule has 0 saturated carbocycles. The van der Waals surface area contributed by atoms with E-state index < -0.39 is 0 Å². The van der Waals surface area contributed by atoms with Gasteiger partial charge < -0.3 is 4.74 Å². The molecule has 0 aliphatic carbocycles. The highest BCUT2D eigenvalue weighted by Crippen LogP contribution is 2.26. The third kappa shape index (κ3) is 4.66. The second kappa shape index (κ2) is 8.08. The molecule has 0 aromatic heterocycles. The number of ether oxygens (including phenoxy) is 1. The van der Waals surface area contributed by atoms with E-state index in [0.29, 0.717) is 31.1 Å². The summed E-state index contributed by atoms with van der Waals surface area (Å²) in [6.07, 6.45) is 3.33. The highest BCUT2D eigenvalue weighted by Gasteiger charge is 2.13. The van der Waals surface area contributed by atoms with Crippen LogP contribution in [0.3, 0.4) is 0 Å². The molecule has 0 bridgehead atoms. The Hall–Kier alpha value is -1.31. The number of rotatable bonds is 8. The molecule has 0 amide bonds. The molecular weight excluding hydrogens is 248 g/mol. The summed E-state index contributed by atoms with van der Waals surface area (Å²) in [5, 5.41) is 0. The highest BCUT2D eigenvalue weighted by molar-refractivity contribution is 5.78. The summed E-state index contributed by atoms with van der Waals surface area (Å²) in [7, 11) is 0. The summed E-state index contributed by atoms with van der Waals surface area (Å²) in [6.45, 7) is 11.2. The van der Waals surface area contributed by atoms with Crippen LogP contribution in [0, 0.1) is 19.8 Å². The first-order valence-corrected chi connectivity index (χ1v) is 7.73. The van der Waals surface area contributed by atoms with Gasteiger partial charge in [0.15, 0.2) is 0 Å². The molecule has 0 fully saturated rings. The van der Waals surface area contributed by atoms with E-state index in [4.69, 9.17) is 4.74 Å². The Kier molecular flexibility index (Phi) is 6.77. The van der Waals surface area contributed by atoms with Crippen LogP contribution in [0.1, 0.15) is 56.7 Å². The van der Waals surface area contributed by atoms with Gasteiger partial charge in [0, 0.05) is 12.8 Å². The van der Waals surface area contributed by atoms with Crippen LogP contribution < -0.4 is 4.74 Å². The van der Waals surface area contributed by atoms with Crippen molar-refractivity contribution in [3.8, 4) is 5.75 Å². The normalized spacial score (nSPS) is 12.2. The second-order valence-corrected chi connectivity index (χ2v) is 5.71. The Bertz CT molecular complexity index is 449. The van der Waals surface area contributed by atoms with Gasteiger partial charge in [-0.05, 0) is 62.3 Å². The van der Waals surface area contributed by atoms with Gasteiger partial charge in [-0.2, -0.15) is 0 Å². The molecule has 0 aliphatic heterocycles. The first-order chi connectivity index (χ1) is 9.49. The average Bonchev–Trinajstić information content (AvgIpc) is 2.38. The maximum absolute atomic E-state index is 11.7. The number of Topliss-reactive ketones (excluding diaryl/α,β-unsaturated/α-hetero) is 1. The summed E-state index contributed by atoms with van der Waals surface area (Å²) >= 11 is 0. The Morgan fingerprint density at radius 1 is 1.20 bits per heavy atom. The Morgan fingerprint density at radius 2 is 1.90 bits per heavy atom. The lowest BCUT2D eigenvalue weighted by Gasteiger charge is -2.16. The first kappa shape index (κ1) is 16.7. The summed E-state index contributed by atoms with van der Waals surface area (Å²) in [5.74, 6) is 1.77. The lowest BCUT2D eigenvalue weighted by atomic mass is 9.91. The number of carbonyl (C=O) groups excluding carboxylic acids is 1. The van der Waals surface area contributed by atoms with Crippen LogP contribution in [0.2, 0.25) is 0 Å². The van der Waals surface area contributed by atoms with Crippen molar-refractivity contribution in [1.29, 1.82) is 0 Å². The van der Waals surface area contributed by atoms with Crippen LogP contribution in [0.15, 0.2) is 12.1 Å². The van der Waals surface area contributed by atoms with Crippen LogP contribution >= 0.6 is 0 Å². The van der Waals surface area contributed by atoms with E-state index in [2.05, 4.69) is 39.8 Å². The number of benzene rings is 1. The summed E-state index contributed by atoms with van der Waals surface area (Å²) in [5.41, 5.74) is 3.85. The van der Waals surface area contributed by atoms with Crippen LogP contribution in [-0.4, -0.2) is 12.4 Å². The third-order valence-corrected chi connectivity index (χ3v) is 3.82. The van der Waals surface area contributed by atoms with Gasteiger partial charge in [0.1, 0.15) is 11.5 Å². The van der Waals surface area contributed by atoms with Gasteiger partial charge in [-0.1, -0.05) is 19.9 Å². The molecule has 0 saturated heterocycles. The summed E-state index contributed by atoms with van der Waals surface area (Å²) in [6, 6.07) is 4.20. The number of hydrogen-bond acceptors (Lipinski definition) is 2. The number of ketones is 1. The molecule has 1 rings (SSSR count). The fourth-order valence-corrected chi connectivity index (χ4v) is 2.60. The predicted molar refractivity (Wildman–Crippen MR) is 84.5 cm³/mol. The smallest absolute Gasteiger partial charge is 0.133 e. The van der Waals surface area contributed by atoms with Crippen molar-refractivity contribution in [2.75, 3.05) is 6.61 Å². The van der Waals surface area contributed by atoms with Gasteiger partial charge in [0.25, 0.3) is 0 Å². The van der Waals surface area contributed by atoms with Gasteiger partial charge in [0.2, 0.25) is 0 Å². The molecular formula is C18H28O2. The van der Waals surface area contributed by atoms with E-state index in [-0.39, 0.29) is 0 Å². The molecule has 1 aromatic rings. The lowest BCUT2D eigenvalue weighted by molar-refractivity contribution is -0.119. The van der Waals surface area contributed by atoms with Gasteiger partial charge in [-0.15, -0.1) is 0 Å². The fourth-order valence-electron chi connectivity index (χ4n) is 2.60. The predicted octanol–water partition coefficient (Wildman–Crippen LogP) is 4.64. The van der Waals surface area contributed by atoms with Gasteiger partial charge in [-0.3, -0.25) is 4.79 Å². The topological polar surface area (TPSA) is 26.3 Å². The molecule has 0 spiro atoms.